The number of guanidine groups is 1. The van der Waals surface area contributed by atoms with Gasteiger partial charge in [0.05, 0.1) is 42.5 Å². The highest BCUT2D eigenvalue weighted by Gasteiger charge is 2.56. The molecule has 3 aromatic rings. The zero-order valence-corrected chi connectivity index (χ0v) is 27.1. The third-order valence-electron chi connectivity index (χ3n) is 10.9. The van der Waals surface area contributed by atoms with E-state index in [2.05, 4.69) is 56.0 Å². The molecule has 0 unspecified atom stereocenters. The second-order valence-electron chi connectivity index (χ2n) is 13.9. The molecular weight excluding hydrogens is 569 g/mol. The number of hydrogen-bond donors (Lipinski definition) is 1. The molecule has 238 valence electrons. The molecule has 2 aromatic carbocycles. The van der Waals surface area contributed by atoms with Gasteiger partial charge in [-0.25, -0.2) is 14.4 Å². The molecule has 10 heteroatoms. The lowest BCUT2D eigenvalue weighted by atomic mass is 9.45. The van der Waals surface area contributed by atoms with Crippen LogP contribution in [0, 0.1) is 40.4 Å². The van der Waals surface area contributed by atoms with Crippen LogP contribution in [-0.2, 0) is 13.0 Å². The van der Waals surface area contributed by atoms with Crippen molar-refractivity contribution in [3.8, 4) is 11.9 Å². The third kappa shape index (κ3) is 5.73. The molecule has 7 rings (SSSR count). The van der Waals surface area contributed by atoms with Crippen LogP contribution in [0.4, 0.5) is 10.1 Å². The molecule has 2 bridgehead atoms. The van der Waals surface area contributed by atoms with Crippen molar-refractivity contribution in [1.29, 1.82) is 5.26 Å². The Balaban J connectivity index is 1.25. The fraction of sp³-hybridized carbons (Fsp3) is 0.543. The molecule has 1 saturated heterocycles. The number of nitrogens with zero attached hydrogens (tertiary/aromatic N) is 6. The van der Waals surface area contributed by atoms with Crippen LogP contribution >= 0.6 is 0 Å². The van der Waals surface area contributed by atoms with E-state index < -0.39 is 0 Å². The van der Waals surface area contributed by atoms with Crippen molar-refractivity contribution >= 4 is 22.5 Å². The van der Waals surface area contributed by atoms with Crippen molar-refractivity contribution in [2.24, 2.45) is 28.2 Å². The maximum Gasteiger partial charge on any atom is 0.261 e. The molecule has 4 fully saturated rings. The first-order valence-corrected chi connectivity index (χ1v) is 16.1. The summed E-state index contributed by atoms with van der Waals surface area (Å²) in [4.78, 5) is 27.5. The number of hydrogen-bond acceptors (Lipinski definition) is 6. The van der Waals surface area contributed by atoms with E-state index in [4.69, 9.17) is 9.73 Å². The van der Waals surface area contributed by atoms with Crippen LogP contribution in [0.2, 0.25) is 0 Å². The summed E-state index contributed by atoms with van der Waals surface area (Å²) in [5.41, 5.74) is 2.12. The summed E-state index contributed by atoms with van der Waals surface area (Å²) < 4.78 is 21.1. The van der Waals surface area contributed by atoms with Crippen molar-refractivity contribution in [1.82, 2.24) is 19.4 Å². The fourth-order valence-electron chi connectivity index (χ4n) is 7.96. The standard InChI is InChI=1S/C35H44FN7O2/c1-21-17-42(18-22(2)43(21)19-37)34(40-31-14-25-13-29(23(31)3)35(25,4)5)39-26-8-10-28-32(15-26)38-20-41(33(28)44)12-11-24-7-9-27(45-6)16-30(24)36/h7-10,15-16,20-23,25,29,31H,11-14,17-18H2,1-6H3,(H,39,40)/t21-,22-,23-,25-,29+,31-/m0/s1. The van der Waals surface area contributed by atoms with Crippen molar-refractivity contribution in [2.75, 3.05) is 25.5 Å². The number of aryl methyl sites for hydroxylation is 2. The monoisotopic (exact) mass is 613 g/mol. The molecule has 1 aliphatic heterocycles. The number of fused-ring (bicyclic) bond motifs is 3. The Labute approximate surface area is 264 Å². The topological polar surface area (TPSA) is 98.8 Å². The molecule has 0 radical (unpaired) electrons. The quantitative estimate of drug-likeness (QED) is 0.223. The van der Waals surface area contributed by atoms with Crippen LogP contribution in [0.3, 0.4) is 0 Å². The third-order valence-corrected chi connectivity index (χ3v) is 10.9. The minimum Gasteiger partial charge on any atom is -0.497 e. The van der Waals surface area contributed by atoms with Gasteiger partial charge in [-0.2, -0.15) is 5.26 Å². The van der Waals surface area contributed by atoms with Gasteiger partial charge in [-0.15, -0.1) is 0 Å². The SMILES string of the molecule is COc1ccc(CCn2cnc3cc(NC(=N[C@H]4C[C@@H]5C[C@H]([C@@H]4C)C5(C)C)N4C[C@H](C)N(C#N)[C@@H](C)C4)ccc3c2=O)c(F)c1. The summed E-state index contributed by atoms with van der Waals surface area (Å²) >= 11 is 0. The van der Waals surface area contributed by atoms with Gasteiger partial charge in [-0.1, -0.05) is 26.8 Å². The van der Waals surface area contributed by atoms with E-state index in [0.717, 1.165) is 18.1 Å². The van der Waals surface area contributed by atoms with Gasteiger partial charge in [-0.3, -0.25) is 9.36 Å². The number of rotatable bonds is 6. The first kappa shape index (κ1) is 30.9. The molecular formula is C35H44FN7O2. The van der Waals surface area contributed by atoms with E-state index in [1.165, 1.54) is 30.5 Å². The molecule has 1 N–H and O–H groups in total. The number of aromatic nitrogens is 2. The summed E-state index contributed by atoms with van der Waals surface area (Å²) in [7, 11) is 1.50. The van der Waals surface area contributed by atoms with Crippen molar-refractivity contribution in [2.45, 2.75) is 78.6 Å². The summed E-state index contributed by atoms with van der Waals surface area (Å²) in [5, 5.41) is 13.8. The predicted octanol–water partition coefficient (Wildman–Crippen LogP) is 5.50. The maximum atomic E-state index is 14.5. The number of anilines is 1. The van der Waals surface area contributed by atoms with Gasteiger partial charge in [0.2, 0.25) is 0 Å². The van der Waals surface area contributed by atoms with E-state index in [-0.39, 0.29) is 29.5 Å². The number of halogens is 1. The molecule has 45 heavy (non-hydrogen) atoms. The van der Waals surface area contributed by atoms with Gasteiger partial charge in [0.15, 0.2) is 12.2 Å². The molecule has 0 amide bonds. The molecule has 4 aliphatic rings. The van der Waals surface area contributed by atoms with Crippen LogP contribution in [0.15, 0.2) is 52.5 Å². The highest BCUT2D eigenvalue weighted by molar-refractivity contribution is 5.96. The molecule has 3 aliphatic carbocycles. The molecule has 6 atom stereocenters. The first-order chi connectivity index (χ1) is 21.5. The minimum atomic E-state index is -0.356. The summed E-state index contributed by atoms with van der Waals surface area (Å²) in [6.45, 7) is 13.0. The number of ether oxygens (including phenoxy) is 1. The number of nitriles is 1. The van der Waals surface area contributed by atoms with Gasteiger partial charge in [0.1, 0.15) is 11.6 Å². The highest BCUT2D eigenvalue weighted by atomic mass is 19.1. The van der Waals surface area contributed by atoms with Crippen molar-refractivity contribution < 1.29 is 9.13 Å². The van der Waals surface area contributed by atoms with Gasteiger partial charge < -0.3 is 19.9 Å². The second kappa shape index (κ2) is 12.0. The second-order valence-corrected chi connectivity index (χ2v) is 13.9. The largest absolute Gasteiger partial charge is 0.497 e. The van der Waals surface area contributed by atoms with Gasteiger partial charge >= 0.3 is 0 Å². The zero-order chi connectivity index (χ0) is 32.0. The Bertz CT molecular complexity index is 1700. The van der Waals surface area contributed by atoms with Gasteiger partial charge in [0, 0.05) is 31.4 Å². The Morgan fingerprint density at radius 1 is 1.16 bits per heavy atom. The van der Waals surface area contributed by atoms with E-state index in [1.807, 2.05) is 17.0 Å². The van der Waals surface area contributed by atoms with E-state index in [9.17, 15) is 14.4 Å². The van der Waals surface area contributed by atoms with E-state index in [0.29, 0.717) is 71.4 Å². The van der Waals surface area contributed by atoms with Crippen LogP contribution in [0.25, 0.3) is 10.9 Å². The number of methoxy groups -OCH3 is 1. The molecule has 9 nitrogen and oxygen atoms in total. The lowest BCUT2D eigenvalue weighted by Crippen LogP contribution is -2.59. The average Bonchev–Trinajstić information content (AvgIpc) is 3.01. The van der Waals surface area contributed by atoms with Crippen molar-refractivity contribution in [3.05, 3.63) is 64.5 Å². The van der Waals surface area contributed by atoms with Crippen LogP contribution < -0.4 is 15.6 Å². The number of aliphatic imine (C=N–C) groups is 1. The van der Waals surface area contributed by atoms with Crippen LogP contribution in [0.5, 0.6) is 5.75 Å². The Kier molecular flexibility index (Phi) is 8.23. The Hall–Kier alpha value is -4.13. The fourth-order valence-corrected chi connectivity index (χ4v) is 7.96. The Morgan fingerprint density at radius 2 is 1.91 bits per heavy atom. The van der Waals surface area contributed by atoms with Crippen LogP contribution in [-0.4, -0.2) is 63.6 Å². The average molecular weight is 614 g/mol. The number of benzene rings is 2. The highest BCUT2D eigenvalue weighted by Crippen LogP contribution is 2.61. The Morgan fingerprint density at radius 3 is 2.56 bits per heavy atom. The summed E-state index contributed by atoms with van der Waals surface area (Å²) in [6.07, 6.45) is 6.63. The lowest BCUT2D eigenvalue weighted by molar-refractivity contribution is -0.108. The van der Waals surface area contributed by atoms with E-state index in [1.54, 1.807) is 18.2 Å². The van der Waals surface area contributed by atoms with E-state index >= 15 is 0 Å². The van der Waals surface area contributed by atoms with Gasteiger partial charge in [0.25, 0.3) is 5.56 Å². The number of nitrogens with one attached hydrogen (secondary N) is 1. The zero-order valence-electron chi connectivity index (χ0n) is 27.1. The normalized spacial score (nSPS) is 27.6. The maximum absolute atomic E-state index is 14.5. The molecule has 0 spiro atoms. The first-order valence-electron chi connectivity index (χ1n) is 16.1. The van der Waals surface area contributed by atoms with Gasteiger partial charge in [-0.05, 0) is 86.1 Å². The lowest BCUT2D eigenvalue weighted by Gasteiger charge is -2.61. The van der Waals surface area contributed by atoms with Crippen molar-refractivity contribution in [3.63, 3.8) is 0 Å². The summed E-state index contributed by atoms with van der Waals surface area (Å²) in [5.74, 6) is 2.77. The number of piperazine rings is 1. The van der Waals surface area contributed by atoms with Crippen LogP contribution in [0.1, 0.15) is 53.0 Å². The smallest absolute Gasteiger partial charge is 0.261 e. The summed E-state index contributed by atoms with van der Waals surface area (Å²) in [6, 6.07) is 10.7. The molecule has 2 heterocycles. The predicted molar refractivity (Wildman–Crippen MR) is 175 cm³/mol. The minimum absolute atomic E-state index is 0.0602. The molecule has 1 aromatic heterocycles. The molecule has 3 saturated carbocycles.